The highest BCUT2D eigenvalue weighted by Gasteiger charge is 2.12. The Balaban J connectivity index is 2.15. The molecule has 2 aromatic rings. The highest BCUT2D eigenvalue weighted by atomic mass is 127. The third-order valence-electron chi connectivity index (χ3n) is 3.33. The van der Waals surface area contributed by atoms with E-state index in [0.717, 1.165) is 26.1 Å². The fourth-order valence-corrected chi connectivity index (χ4v) is 2.90. The Labute approximate surface area is 144 Å². The van der Waals surface area contributed by atoms with Gasteiger partial charge in [-0.05, 0) is 64.3 Å². The summed E-state index contributed by atoms with van der Waals surface area (Å²) < 4.78 is 1.05. The lowest BCUT2D eigenvalue weighted by Crippen LogP contribution is -1.95. The molecule has 1 atom stereocenters. The molecule has 2 aromatic carbocycles. The number of hydrogen-bond donors (Lipinski definition) is 0. The first-order chi connectivity index (χ1) is 9.61. The van der Waals surface area contributed by atoms with E-state index in [1.54, 1.807) is 0 Å². The van der Waals surface area contributed by atoms with Crippen molar-refractivity contribution < 1.29 is 0 Å². The van der Waals surface area contributed by atoms with Crippen LogP contribution in [0.1, 0.15) is 41.8 Å². The van der Waals surface area contributed by atoms with Gasteiger partial charge in [0, 0.05) is 3.57 Å². The number of benzene rings is 2. The van der Waals surface area contributed by atoms with Crippen LogP contribution in [0.3, 0.4) is 0 Å². The van der Waals surface area contributed by atoms with Gasteiger partial charge in [0.2, 0.25) is 0 Å². The predicted molar refractivity (Wildman–Crippen MR) is 96.9 cm³/mol. The van der Waals surface area contributed by atoms with Crippen LogP contribution in [0.2, 0.25) is 5.02 Å². The maximum Gasteiger partial charge on any atom is 0.0835 e. The van der Waals surface area contributed by atoms with Gasteiger partial charge >= 0.3 is 0 Å². The summed E-state index contributed by atoms with van der Waals surface area (Å²) in [6, 6.07) is 14.6. The lowest BCUT2D eigenvalue weighted by atomic mass is 10.0. The zero-order chi connectivity index (χ0) is 14.5. The summed E-state index contributed by atoms with van der Waals surface area (Å²) >= 11 is 14.9. The molecule has 0 radical (unpaired) electrons. The van der Waals surface area contributed by atoms with E-state index in [1.807, 2.05) is 18.2 Å². The van der Waals surface area contributed by atoms with Crippen LogP contribution >= 0.6 is 45.8 Å². The number of aryl methyl sites for hydroxylation is 1. The summed E-state index contributed by atoms with van der Waals surface area (Å²) in [5, 5.41) is 0.609. The van der Waals surface area contributed by atoms with Crippen LogP contribution in [-0.2, 0) is 6.42 Å². The van der Waals surface area contributed by atoms with Crippen LogP contribution < -0.4 is 0 Å². The van der Waals surface area contributed by atoms with Gasteiger partial charge in [-0.1, -0.05) is 55.3 Å². The van der Waals surface area contributed by atoms with E-state index in [0.29, 0.717) is 0 Å². The topological polar surface area (TPSA) is 0 Å². The minimum Gasteiger partial charge on any atom is -0.113 e. The summed E-state index contributed by atoms with van der Waals surface area (Å²) in [6.07, 6.45) is 3.59. The van der Waals surface area contributed by atoms with Gasteiger partial charge in [0.1, 0.15) is 0 Å². The normalized spacial score (nSPS) is 12.4. The second-order valence-electron chi connectivity index (χ2n) is 4.88. The van der Waals surface area contributed by atoms with Gasteiger partial charge in [0.05, 0.1) is 10.4 Å². The molecule has 0 spiro atoms. The van der Waals surface area contributed by atoms with Crippen molar-refractivity contribution in [1.29, 1.82) is 0 Å². The first kappa shape index (κ1) is 16.1. The number of halogens is 3. The highest BCUT2D eigenvalue weighted by molar-refractivity contribution is 14.1. The molecule has 0 amide bonds. The van der Waals surface area contributed by atoms with Gasteiger partial charge in [-0.2, -0.15) is 0 Å². The molecule has 2 rings (SSSR count). The summed E-state index contributed by atoms with van der Waals surface area (Å²) in [4.78, 5) is 0. The molecule has 0 aliphatic heterocycles. The summed E-state index contributed by atoms with van der Waals surface area (Å²) in [5.41, 5.74) is 3.53. The Bertz CT molecular complexity index is 564. The molecular weight excluding hydrogens is 402 g/mol. The van der Waals surface area contributed by atoms with Gasteiger partial charge in [0.25, 0.3) is 0 Å². The first-order valence-electron chi connectivity index (χ1n) is 6.79. The Hall–Kier alpha value is -0.250. The minimum atomic E-state index is -0.148. The lowest BCUT2D eigenvalue weighted by Gasteiger charge is -2.12. The average molecular weight is 419 g/mol. The minimum absolute atomic E-state index is 0.148. The maximum atomic E-state index is 6.55. The molecule has 0 nitrogen and oxygen atoms in total. The Morgan fingerprint density at radius 2 is 1.70 bits per heavy atom. The molecule has 0 bridgehead atoms. The molecule has 106 valence electrons. The highest BCUT2D eigenvalue weighted by Crippen LogP contribution is 2.32. The van der Waals surface area contributed by atoms with Crippen molar-refractivity contribution in [3.63, 3.8) is 0 Å². The molecule has 20 heavy (non-hydrogen) atoms. The largest absolute Gasteiger partial charge is 0.113 e. The molecule has 0 saturated heterocycles. The maximum absolute atomic E-state index is 6.55. The Morgan fingerprint density at radius 3 is 2.30 bits per heavy atom. The van der Waals surface area contributed by atoms with E-state index in [2.05, 4.69) is 53.8 Å². The van der Waals surface area contributed by atoms with Crippen molar-refractivity contribution in [1.82, 2.24) is 0 Å². The Kier molecular flexibility index (Phi) is 6.19. The van der Waals surface area contributed by atoms with Gasteiger partial charge in [0.15, 0.2) is 0 Å². The van der Waals surface area contributed by atoms with Crippen molar-refractivity contribution in [2.45, 2.75) is 31.6 Å². The van der Waals surface area contributed by atoms with Crippen molar-refractivity contribution in [2.24, 2.45) is 0 Å². The monoisotopic (exact) mass is 418 g/mol. The van der Waals surface area contributed by atoms with E-state index in [9.17, 15) is 0 Å². The van der Waals surface area contributed by atoms with Crippen molar-refractivity contribution in [3.8, 4) is 0 Å². The SMILES string of the molecule is CCCCc1ccc(C(Cl)c2ccc(I)c(Cl)c2)cc1. The number of hydrogen-bond acceptors (Lipinski definition) is 0. The van der Waals surface area contributed by atoms with Crippen LogP contribution in [-0.4, -0.2) is 0 Å². The first-order valence-corrected chi connectivity index (χ1v) is 8.69. The van der Waals surface area contributed by atoms with Gasteiger partial charge in [-0.15, -0.1) is 11.6 Å². The molecule has 0 aliphatic rings. The second-order valence-corrected chi connectivity index (χ2v) is 6.89. The lowest BCUT2D eigenvalue weighted by molar-refractivity contribution is 0.794. The van der Waals surface area contributed by atoms with Gasteiger partial charge in [-0.3, -0.25) is 0 Å². The molecule has 1 unspecified atom stereocenters. The summed E-state index contributed by atoms with van der Waals surface area (Å²) in [5.74, 6) is 0. The molecule has 0 fully saturated rings. The van der Waals surface area contributed by atoms with Gasteiger partial charge in [-0.25, -0.2) is 0 Å². The van der Waals surface area contributed by atoms with Gasteiger partial charge < -0.3 is 0 Å². The number of alkyl halides is 1. The zero-order valence-electron chi connectivity index (χ0n) is 11.4. The van der Waals surface area contributed by atoms with Crippen LogP contribution in [0, 0.1) is 3.57 Å². The van der Waals surface area contributed by atoms with E-state index < -0.39 is 0 Å². The van der Waals surface area contributed by atoms with Crippen molar-refractivity contribution in [3.05, 3.63) is 67.7 Å². The number of unbranched alkanes of at least 4 members (excludes halogenated alkanes) is 1. The standard InChI is InChI=1S/C17H17Cl2I/c1-2-3-4-12-5-7-13(8-6-12)17(19)14-9-10-16(20)15(18)11-14/h5-11,17H,2-4H2,1H3. The Morgan fingerprint density at radius 1 is 1.05 bits per heavy atom. The summed E-state index contributed by atoms with van der Waals surface area (Å²) in [6.45, 7) is 2.21. The van der Waals surface area contributed by atoms with Crippen LogP contribution in [0.5, 0.6) is 0 Å². The average Bonchev–Trinajstić information content (AvgIpc) is 2.48. The molecule has 0 aliphatic carbocycles. The zero-order valence-corrected chi connectivity index (χ0v) is 15.0. The molecule has 0 saturated carbocycles. The second kappa shape index (κ2) is 7.67. The van der Waals surface area contributed by atoms with Crippen LogP contribution in [0.4, 0.5) is 0 Å². The molecule has 0 aromatic heterocycles. The quantitative estimate of drug-likeness (QED) is 0.378. The molecule has 0 heterocycles. The summed E-state index contributed by atoms with van der Waals surface area (Å²) in [7, 11) is 0. The predicted octanol–water partition coefficient (Wildman–Crippen LogP) is 6.62. The van der Waals surface area contributed by atoms with E-state index >= 15 is 0 Å². The number of rotatable bonds is 5. The third-order valence-corrected chi connectivity index (χ3v) is 5.40. The van der Waals surface area contributed by atoms with E-state index in [4.69, 9.17) is 23.2 Å². The smallest absolute Gasteiger partial charge is 0.0835 e. The van der Waals surface area contributed by atoms with E-state index in [1.165, 1.54) is 18.4 Å². The van der Waals surface area contributed by atoms with Crippen LogP contribution in [0.25, 0.3) is 0 Å². The fourth-order valence-electron chi connectivity index (χ4n) is 2.10. The third kappa shape index (κ3) is 4.12. The molecular formula is C17H17Cl2I. The molecule has 0 N–H and O–H groups in total. The van der Waals surface area contributed by atoms with Crippen LogP contribution in [0.15, 0.2) is 42.5 Å². The van der Waals surface area contributed by atoms with Crippen molar-refractivity contribution in [2.75, 3.05) is 0 Å². The van der Waals surface area contributed by atoms with E-state index in [-0.39, 0.29) is 5.38 Å². The fraction of sp³-hybridized carbons (Fsp3) is 0.294. The van der Waals surface area contributed by atoms with Crippen molar-refractivity contribution >= 4 is 45.8 Å². The molecule has 3 heteroatoms.